The van der Waals surface area contributed by atoms with Crippen LogP contribution in [0.5, 0.6) is 0 Å². The van der Waals surface area contributed by atoms with Crippen LogP contribution in [0.15, 0.2) is 58.2 Å². The van der Waals surface area contributed by atoms with Gasteiger partial charge in [-0.05, 0) is 37.1 Å². The van der Waals surface area contributed by atoms with E-state index in [9.17, 15) is 9.59 Å². The third kappa shape index (κ3) is 4.94. The molecule has 8 nitrogen and oxygen atoms in total. The number of hydrogen-bond acceptors (Lipinski definition) is 7. The number of aryl methyl sites for hydroxylation is 2. The van der Waals surface area contributed by atoms with Gasteiger partial charge in [-0.1, -0.05) is 17.8 Å². The first kappa shape index (κ1) is 22.8. The highest BCUT2D eigenvalue weighted by molar-refractivity contribution is 7.99. The van der Waals surface area contributed by atoms with Crippen molar-refractivity contribution in [2.24, 2.45) is 0 Å². The highest BCUT2D eigenvalue weighted by Crippen LogP contribution is 2.23. The van der Waals surface area contributed by atoms with E-state index in [0.717, 1.165) is 29.6 Å². The lowest BCUT2D eigenvalue weighted by atomic mass is 10.1. The maximum absolute atomic E-state index is 12.9. The van der Waals surface area contributed by atoms with Crippen molar-refractivity contribution in [1.29, 1.82) is 0 Å². The van der Waals surface area contributed by atoms with Crippen molar-refractivity contribution >= 4 is 34.0 Å². The molecule has 0 aliphatic carbocycles. The van der Waals surface area contributed by atoms with Gasteiger partial charge in [0, 0.05) is 68.4 Å². The zero-order valence-corrected chi connectivity index (χ0v) is 20.8. The number of carbonyl (C=O) groups excluding carboxylic acids is 1. The first-order valence-corrected chi connectivity index (χ1v) is 13.0. The Morgan fingerprint density at radius 3 is 2.59 bits per heavy atom. The predicted octanol–water partition coefficient (Wildman–Crippen LogP) is 3.00. The topological polar surface area (TPSA) is 75.7 Å². The minimum Gasteiger partial charge on any atom is -0.339 e. The van der Waals surface area contributed by atoms with E-state index in [1.807, 2.05) is 21.0 Å². The third-order valence-corrected chi connectivity index (χ3v) is 7.59. The van der Waals surface area contributed by atoms with E-state index in [1.54, 1.807) is 22.9 Å². The first-order valence-electron chi connectivity index (χ1n) is 11.2. The number of benzene rings is 1. The van der Waals surface area contributed by atoms with Crippen LogP contribution in [0.2, 0.25) is 0 Å². The molecule has 1 fully saturated rings. The molecule has 0 N–H and O–H groups in total. The van der Waals surface area contributed by atoms with Crippen LogP contribution >= 0.6 is 23.1 Å². The van der Waals surface area contributed by atoms with Gasteiger partial charge in [-0.3, -0.25) is 23.5 Å². The minimum absolute atomic E-state index is 0.0497. The fraction of sp³-hybridized carbons (Fsp3) is 0.333. The molecule has 0 radical (unpaired) electrons. The summed E-state index contributed by atoms with van der Waals surface area (Å²) in [7, 11) is 0. The molecule has 1 amide bonds. The molecule has 0 atom stereocenters. The summed E-state index contributed by atoms with van der Waals surface area (Å²) in [4.78, 5) is 39.0. The Morgan fingerprint density at radius 1 is 1.06 bits per heavy atom. The van der Waals surface area contributed by atoms with Crippen molar-refractivity contribution in [2.75, 3.05) is 31.9 Å². The number of thioether (sulfide) groups is 1. The second-order valence-corrected chi connectivity index (χ2v) is 10.3. The van der Waals surface area contributed by atoms with E-state index in [4.69, 9.17) is 0 Å². The van der Waals surface area contributed by atoms with Crippen molar-refractivity contribution in [2.45, 2.75) is 25.5 Å². The number of amides is 1. The molecular formula is C24H26N6O2S2. The average Bonchev–Trinajstić information content (AvgIpc) is 3.47. The molecule has 34 heavy (non-hydrogen) atoms. The Kier molecular flexibility index (Phi) is 6.53. The molecule has 10 heteroatoms. The van der Waals surface area contributed by atoms with Gasteiger partial charge in [0.05, 0.1) is 11.4 Å². The van der Waals surface area contributed by atoms with Crippen LogP contribution in [0.1, 0.15) is 16.8 Å². The van der Waals surface area contributed by atoms with Gasteiger partial charge in [0.25, 0.3) is 5.56 Å². The average molecular weight is 495 g/mol. The summed E-state index contributed by atoms with van der Waals surface area (Å²) in [5.74, 6) is 0.478. The van der Waals surface area contributed by atoms with Gasteiger partial charge >= 0.3 is 0 Å². The van der Waals surface area contributed by atoms with Crippen LogP contribution in [-0.2, 0) is 11.3 Å². The number of aromatic nitrogens is 4. The van der Waals surface area contributed by atoms with Crippen LogP contribution in [0.3, 0.4) is 0 Å². The summed E-state index contributed by atoms with van der Waals surface area (Å²) < 4.78 is 3.60. The largest absolute Gasteiger partial charge is 0.339 e. The normalized spacial score (nSPS) is 14.7. The standard InChI is InChI=1S/C24H26N6O2S2/c1-17-11-18(2)13-20(12-17)29-4-3-25-23(29)34-16-22(32)28-7-5-27(6-8-28)15-19-14-21(31)30-9-10-33-24(30)26-19/h3-4,9-14H,5-8,15-16H2,1-2H3. The van der Waals surface area contributed by atoms with Gasteiger partial charge < -0.3 is 4.90 Å². The van der Waals surface area contributed by atoms with Gasteiger partial charge in [0.2, 0.25) is 5.91 Å². The molecule has 5 rings (SSSR count). The molecule has 4 aromatic rings. The van der Waals surface area contributed by atoms with Gasteiger partial charge in [-0.15, -0.1) is 11.3 Å². The quantitative estimate of drug-likeness (QED) is 0.384. The van der Waals surface area contributed by atoms with Crippen molar-refractivity contribution < 1.29 is 4.79 Å². The van der Waals surface area contributed by atoms with Gasteiger partial charge in [-0.25, -0.2) is 9.97 Å². The summed E-state index contributed by atoms with van der Waals surface area (Å²) in [5, 5.41) is 2.68. The summed E-state index contributed by atoms with van der Waals surface area (Å²) in [5.41, 5.74) is 4.19. The molecule has 0 saturated carbocycles. The van der Waals surface area contributed by atoms with Gasteiger partial charge in [0.1, 0.15) is 0 Å². The van der Waals surface area contributed by atoms with E-state index in [2.05, 4.69) is 46.9 Å². The maximum atomic E-state index is 12.9. The predicted molar refractivity (Wildman–Crippen MR) is 135 cm³/mol. The van der Waals surface area contributed by atoms with Gasteiger partial charge in [0.15, 0.2) is 10.1 Å². The molecule has 0 bridgehead atoms. The second kappa shape index (κ2) is 9.73. The van der Waals surface area contributed by atoms with Crippen LogP contribution in [0.25, 0.3) is 10.6 Å². The number of rotatable bonds is 6. The van der Waals surface area contributed by atoms with Crippen molar-refractivity contribution in [3.8, 4) is 5.69 Å². The third-order valence-electron chi connectivity index (χ3n) is 5.88. The van der Waals surface area contributed by atoms with E-state index in [1.165, 1.54) is 34.2 Å². The fourth-order valence-corrected chi connectivity index (χ4v) is 5.87. The number of thiazole rings is 1. The van der Waals surface area contributed by atoms with Crippen LogP contribution in [-0.4, -0.2) is 66.6 Å². The lowest BCUT2D eigenvalue weighted by Gasteiger charge is -2.34. The van der Waals surface area contributed by atoms with Crippen LogP contribution < -0.4 is 5.56 Å². The Labute approximate surface area is 205 Å². The number of imidazole rings is 1. The van der Waals surface area contributed by atoms with Crippen molar-refractivity contribution in [3.05, 3.63) is 75.4 Å². The van der Waals surface area contributed by atoms with E-state index >= 15 is 0 Å². The molecule has 176 valence electrons. The number of fused-ring (bicyclic) bond motifs is 1. The summed E-state index contributed by atoms with van der Waals surface area (Å²) in [6, 6.07) is 8.00. The molecule has 0 unspecified atom stereocenters. The van der Waals surface area contributed by atoms with Crippen LogP contribution in [0, 0.1) is 13.8 Å². The maximum Gasteiger partial charge on any atom is 0.258 e. The van der Waals surface area contributed by atoms with E-state index in [-0.39, 0.29) is 11.5 Å². The molecule has 1 aliphatic rings. The number of carbonyl (C=O) groups is 1. The molecule has 4 heterocycles. The number of piperazine rings is 1. The Bertz CT molecular complexity index is 1360. The zero-order chi connectivity index (χ0) is 23.7. The SMILES string of the molecule is Cc1cc(C)cc(-n2ccnc2SCC(=O)N2CCN(Cc3cc(=O)n4ccsc4n3)CC2)c1. The number of hydrogen-bond donors (Lipinski definition) is 0. The monoisotopic (exact) mass is 494 g/mol. The van der Waals surface area contributed by atoms with Crippen molar-refractivity contribution in [3.63, 3.8) is 0 Å². The zero-order valence-electron chi connectivity index (χ0n) is 19.2. The molecule has 1 aromatic carbocycles. The molecule has 3 aromatic heterocycles. The minimum atomic E-state index is -0.0497. The number of nitrogens with zero attached hydrogens (tertiary/aromatic N) is 6. The first-order chi connectivity index (χ1) is 16.5. The Hall–Kier alpha value is -2.95. The summed E-state index contributed by atoms with van der Waals surface area (Å²) >= 11 is 2.93. The Balaban J connectivity index is 1.15. The highest BCUT2D eigenvalue weighted by Gasteiger charge is 2.22. The smallest absolute Gasteiger partial charge is 0.258 e. The Morgan fingerprint density at radius 2 is 1.82 bits per heavy atom. The highest BCUT2D eigenvalue weighted by atomic mass is 32.2. The van der Waals surface area contributed by atoms with E-state index < -0.39 is 0 Å². The molecule has 0 spiro atoms. The second-order valence-electron chi connectivity index (χ2n) is 8.51. The molecule has 1 saturated heterocycles. The summed E-state index contributed by atoms with van der Waals surface area (Å²) in [6.07, 6.45) is 5.46. The van der Waals surface area contributed by atoms with Gasteiger partial charge in [-0.2, -0.15) is 0 Å². The van der Waals surface area contributed by atoms with E-state index in [0.29, 0.717) is 30.3 Å². The molecular weight excluding hydrogens is 468 g/mol. The van der Waals surface area contributed by atoms with Crippen LogP contribution in [0.4, 0.5) is 0 Å². The lowest BCUT2D eigenvalue weighted by molar-refractivity contribution is -0.130. The lowest BCUT2D eigenvalue weighted by Crippen LogP contribution is -2.49. The van der Waals surface area contributed by atoms with Crippen molar-refractivity contribution in [1.82, 2.24) is 28.7 Å². The fourth-order valence-electron chi connectivity index (χ4n) is 4.25. The summed E-state index contributed by atoms with van der Waals surface area (Å²) in [6.45, 7) is 7.65. The molecule has 1 aliphatic heterocycles.